The van der Waals surface area contributed by atoms with Crippen molar-refractivity contribution in [2.75, 3.05) is 7.11 Å². The number of ether oxygens (including phenoxy) is 1. The van der Waals surface area contributed by atoms with Crippen molar-refractivity contribution in [3.8, 4) is 0 Å². The zero-order valence-electron chi connectivity index (χ0n) is 12.6. The van der Waals surface area contributed by atoms with Crippen molar-refractivity contribution in [1.82, 2.24) is 0 Å². The average Bonchev–Trinajstić information content (AvgIpc) is 2.27. The second kappa shape index (κ2) is 4.33. The molecule has 18 heavy (non-hydrogen) atoms. The van der Waals surface area contributed by atoms with Crippen LogP contribution in [0, 0.1) is 22.7 Å². The lowest BCUT2D eigenvalue weighted by atomic mass is 9.46. The smallest absolute Gasteiger partial charge is 0.126 e. The Morgan fingerprint density at radius 3 is 2.33 bits per heavy atom. The summed E-state index contributed by atoms with van der Waals surface area (Å²) in [6.07, 6.45) is 7.09. The number of carbonyl (C=O) groups is 1. The minimum atomic E-state index is -0.263. The summed E-state index contributed by atoms with van der Waals surface area (Å²) in [7, 11) is 1.76. The number of fused-ring (bicyclic) bond motifs is 1. The molecule has 0 saturated heterocycles. The Morgan fingerprint density at radius 2 is 1.78 bits per heavy atom. The molecule has 0 aromatic heterocycles. The van der Waals surface area contributed by atoms with E-state index in [-0.39, 0.29) is 16.9 Å². The first-order valence-corrected chi connectivity index (χ1v) is 7.31. The largest absolute Gasteiger partial charge is 0.378 e. The van der Waals surface area contributed by atoms with Gasteiger partial charge in [-0.2, -0.15) is 0 Å². The molecular weight excluding hydrogens is 224 g/mol. The summed E-state index contributed by atoms with van der Waals surface area (Å²) < 4.78 is 5.73. The molecule has 2 rings (SSSR count). The summed E-state index contributed by atoms with van der Waals surface area (Å²) in [5.41, 5.74) is 0.219. The standard InChI is InChI=1S/C16H28O2/c1-14(2)8-6-9-15(3)12(14)7-10-16(4,18-5)13(15)11-17/h11-13H,6-10H2,1-5H3. The Kier molecular flexibility index (Phi) is 3.38. The Morgan fingerprint density at radius 1 is 1.11 bits per heavy atom. The van der Waals surface area contributed by atoms with Gasteiger partial charge in [-0.25, -0.2) is 0 Å². The first-order chi connectivity index (χ1) is 8.30. The first kappa shape index (κ1) is 14.0. The molecule has 0 heterocycles. The van der Waals surface area contributed by atoms with Gasteiger partial charge >= 0.3 is 0 Å². The van der Waals surface area contributed by atoms with Gasteiger partial charge in [0.05, 0.1) is 5.60 Å². The van der Waals surface area contributed by atoms with E-state index in [9.17, 15) is 4.79 Å². The van der Waals surface area contributed by atoms with Crippen LogP contribution in [0.4, 0.5) is 0 Å². The first-order valence-electron chi connectivity index (χ1n) is 7.31. The van der Waals surface area contributed by atoms with Crippen molar-refractivity contribution in [3.05, 3.63) is 0 Å². The highest BCUT2D eigenvalue weighted by Gasteiger charge is 2.58. The molecule has 0 aromatic carbocycles. The van der Waals surface area contributed by atoms with Gasteiger partial charge in [-0.3, -0.25) is 0 Å². The van der Waals surface area contributed by atoms with Gasteiger partial charge in [0, 0.05) is 13.0 Å². The molecule has 2 saturated carbocycles. The third-order valence-corrected chi connectivity index (χ3v) is 6.18. The van der Waals surface area contributed by atoms with E-state index >= 15 is 0 Å². The summed E-state index contributed by atoms with van der Waals surface area (Å²) in [5, 5.41) is 0. The molecule has 0 spiro atoms. The predicted molar refractivity (Wildman–Crippen MR) is 73.4 cm³/mol. The second-order valence-electron chi connectivity index (χ2n) is 7.57. The average molecular weight is 252 g/mol. The normalized spacial score (nSPS) is 47.4. The molecule has 0 amide bonds. The van der Waals surface area contributed by atoms with Gasteiger partial charge in [0.1, 0.15) is 6.29 Å². The molecule has 2 heteroatoms. The van der Waals surface area contributed by atoms with Gasteiger partial charge < -0.3 is 9.53 Å². The monoisotopic (exact) mass is 252 g/mol. The molecule has 0 aromatic rings. The fraction of sp³-hybridized carbons (Fsp3) is 0.938. The molecule has 4 unspecified atom stereocenters. The molecule has 0 bridgehead atoms. The maximum atomic E-state index is 11.7. The third-order valence-electron chi connectivity index (χ3n) is 6.18. The summed E-state index contributed by atoms with van der Waals surface area (Å²) in [4.78, 5) is 11.7. The highest BCUT2D eigenvalue weighted by molar-refractivity contribution is 5.58. The van der Waals surface area contributed by atoms with Crippen molar-refractivity contribution >= 4 is 6.29 Å². The Bertz CT molecular complexity index is 336. The highest BCUT2D eigenvalue weighted by Crippen LogP contribution is 2.61. The number of hydrogen-bond acceptors (Lipinski definition) is 2. The quantitative estimate of drug-likeness (QED) is 0.698. The molecule has 2 aliphatic rings. The van der Waals surface area contributed by atoms with E-state index in [1.165, 1.54) is 32.0 Å². The maximum absolute atomic E-state index is 11.7. The van der Waals surface area contributed by atoms with Crippen LogP contribution in [-0.2, 0) is 9.53 Å². The van der Waals surface area contributed by atoms with Crippen LogP contribution < -0.4 is 0 Å². The highest BCUT2D eigenvalue weighted by atomic mass is 16.5. The minimum Gasteiger partial charge on any atom is -0.378 e. The van der Waals surface area contributed by atoms with Crippen LogP contribution in [0.25, 0.3) is 0 Å². The molecule has 104 valence electrons. The van der Waals surface area contributed by atoms with Crippen molar-refractivity contribution < 1.29 is 9.53 Å². The van der Waals surface area contributed by atoms with E-state index in [1.54, 1.807) is 7.11 Å². The molecule has 0 radical (unpaired) electrons. The zero-order valence-corrected chi connectivity index (χ0v) is 12.6. The lowest BCUT2D eigenvalue weighted by Gasteiger charge is -2.60. The SMILES string of the molecule is COC1(C)CCC2C(C)(C)CCCC2(C)C1C=O. The van der Waals surface area contributed by atoms with Crippen LogP contribution in [0.5, 0.6) is 0 Å². The van der Waals surface area contributed by atoms with Crippen molar-refractivity contribution in [3.63, 3.8) is 0 Å². The van der Waals surface area contributed by atoms with Crippen LogP contribution >= 0.6 is 0 Å². The second-order valence-corrected chi connectivity index (χ2v) is 7.57. The molecule has 0 N–H and O–H groups in total. The molecular formula is C16H28O2. The summed E-state index contributed by atoms with van der Waals surface area (Å²) in [5.74, 6) is 0.686. The molecule has 4 atom stereocenters. The van der Waals surface area contributed by atoms with Gasteiger partial charge in [-0.1, -0.05) is 27.2 Å². The van der Waals surface area contributed by atoms with Crippen molar-refractivity contribution in [1.29, 1.82) is 0 Å². The van der Waals surface area contributed by atoms with Gasteiger partial charge in [0.15, 0.2) is 0 Å². The van der Waals surface area contributed by atoms with Gasteiger partial charge in [-0.05, 0) is 49.4 Å². The lowest BCUT2D eigenvalue weighted by Crippen LogP contribution is -2.58. The van der Waals surface area contributed by atoms with Crippen LogP contribution in [0.15, 0.2) is 0 Å². The van der Waals surface area contributed by atoms with Crippen LogP contribution in [0.1, 0.15) is 59.8 Å². The fourth-order valence-electron chi connectivity index (χ4n) is 5.07. The lowest BCUT2D eigenvalue weighted by molar-refractivity contribution is -0.178. The van der Waals surface area contributed by atoms with E-state index < -0.39 is 0 Å². The number of carbonyl (C=O) groups excluding carboxylic acids is 1. The van der Waals surface area contributed by atoms with E-state index in [0.29, 0.717) is 11.3 Å². The van der Waals surface area contributed by atoms with Gasteiger partial charge in [0.25, 0.3) is 0 Å². The fourth-order valence-corrected chi connectivity index (χ4v) is 5.07. The summed E-state index contributed by atoms with van der Waals surface area (Å²) in [6.45, 7) is 9.21. The Balaban J connectivity index is 2.41. The molecule has 2 nitrogen and oxygen atoms in total. The van der Waals surface area contributed by atoms with Gasteiger partial charge in [0.2, 0.25) is 0 Å². The predicted octanol–water partition coefficient (Wildman–Crippen LogP) is 3.83. The van der Waals surface area contributed by atoms with Crippen LogP contribution in [0.3, 0.4) is 0 Å². The number of rotatable bonds is 2. The Labute approximate surface area is 111 Å². The minimum absolute atomic E-state index is 0.0355. The third kappa shape index (κ3) is 1.84. The van der Waals surface area contributed by atoms with Crippen molar-refractivity contribution in [2.45, 2.75) is 65.4 Å². The van der Waals surface area contributed by atoms with Crippen LogP contribution in [0.2, 0.25) is 0 Å². The van der Waals surface area contributed by atoms with Crippen molar-refractivity contribution in [2.24, 2.45) is 22.7 Å². The van der Waals surface area contributed by atoms with E-state index in [4.69, 9.17) is 4.74 Å². The number of hydrogen-bond donors (Lipinski definition) is 0. The van der Waals surface area contributed by atoms with E-state index in [2.05, 4.69) is 27.7 Å². The molecule has 0 aliphatic heterocycles. The molecule has 2 aliphatic carbocycles. The summed E-state index contributed by atoms with van der Waals surface area (Å²) in [6, 6.07) is 0. The summed E-state index contributed by atoms with van der Waals surface area (Å²) >= 11 is 0. The Hall–Kier alpha value is -0.370. The topological polar surface area (TPSA) is 26.3 Å². The number of aldehydes is 1. The maximum Gasteiger partial charge on any atom is 0.126 e. The van der Waals surface area contributed by atoms with Gasteiger partial charge in [-0.15, -0.1) is 0 Å². The van der Waals surface area contributed by atoms with Crippen LogP contribution in [-0.4, -0.2) is 19.0 Å². The molecule has 2 fully saturated rings. The van der Waals surface area contributed by atoms with E-state index in [1.807, 2.05) is 0 Å². The van der Waals surface area contributed by atoms with E-state index in [0.717, 1.165) is 6.42 Å². The number of methoxy groups -OCH3 is 1. The zero-order chi connectivity index (χ0) is 13.6.